The van der Waals surface area contributed by atoms with Crippen LogP contribution in [-0.2, 0) is 9.53 Å². The third-order valence-electron chi connectivity index (χ3n) is 7.19. The Morgan fingerprint density at radius 2 is 1.67 bits per heavy atom. The van der Waals surface area contributed by atoms with Crippen LogP contribution in [0.1, 0.15) is 57.8 Å². The van der Waals surface area contributed by atoms with Gasteiger partial charge in [-0.2, -0.15) is 0 Å². The van der Waals surface area contributed by atoms with Crippen molar-refractivity contribution in [2.24, 2.45) is 28.6 Å². The molecule has 5 aliphatic rings. The predicted molar refractivity (Wildman–Crippen MR) is 66.8 cm³/mol. The molecule has 0 aromatic carbocycles. The van der Waals surface area contributed by atoms with Crippen LogP contribution in [0.3, 0.4) is 0 Å². The molecule has 5 rings (SSSR count). The molecule has 4 atom stereocenters. The Kier molecular flexibility index (Phi) is 1.69. The molecule has 2 nitrogen and oxygen atoms in total. The lowest BCUT2D eigenvalue weighted by Gasteiger charge is -2.33. The molecule has 0 amide bonds. The first kappa shape index (κ1) is 10.3. The van der Waals surface area contributed by atoms with E-state index in [-0.39, 0.29) is 5.97 Å². The first-order valence-corrected chi connectivity index (χ1v) is 7.92. The summed E-state index contributed by atoms with van der Waals surface area (Å²) in [7, 11) is 0. The molecule has 0 N–H and O–H groups in total. The molecule has 1 heterocycles. The highest BCUT2D eigenvalue weighted by molar-refractivity contribution is 5.72. The quantitative estimate of drug-likeness (QED) is 0.613. The number of fused-ring (bicyclic) bond motifs is 5. The van der Waals surface area contributed by atoms with Crippen molar-refractivity contribution in [3.63, 3.8) is 0 Å². The number of ether oxygens (including phenoxy) is 1. The van der Waals surface area contributed by atoms with Crippen molar-refractivity contribution in [1.82, 2.24) is 0 Å². The molecule has 0 aromatic rings. The maximum atomic E-state index is 11.7. The summed E-state index contributed by atoms with van der Waals surface area (Å²) in [4.78, 5) is 11.7. The second-order valence-electron chi connectivity index (χ2n) is 7.85. The van der Waals surface area contributed by atoms with Crippen molar-refractivity contribution in [3.05, 3.63) is 0 Å². The summed E-state index contributed by atoms with van der Waals surface area (Å²) in [5.41, 5.74) is 1.33. The molecule has 0 bridgehead atoms. The Labute approximate surface area is 108 Å². The van der Waals surface area contributed by atoms with Gasteiger partial charge in [0, 0.05) is 11.8 Å². The monoisotopic (exact) mass is 246 g/mol. The van der Waals surface area contributed by atoms with Gasteiger partial charge in [-0.3, -0.25) is 4.79 Å². The third kappa shape index (κ3) is 1.13. The van der Waals surface area contributed by atoms with Gasteiger partial charge in [0.05, 0.1) is 6.42 Å². The van der Waals surface area contributed by atoms with E-state index in [1.807, 2.05) is 0 Å². The molecule has 4 unspecified atom stereocenters. The van der Waals surface area contributed by atoms with E-state index >= 15 is 0 Å². The van der Waals surface area contributed by atoms with Gasteiger partial charge in [-0.15, -0.1) is 0 Å². The Morgan fingerprint density at radius 3 is 2.39 bits per heavy atom. The van der Waals surface area contributed by atoms with E-state index < -0.39 is 0 Å². The van der Waals surface area contributed by atoms with Crippen molar-refractivity contribution in [1.29, 1.82) is 0 Å². The van der Waals surface area contributed by atoms with Gasteiger partial charge < -0.3 is 4.74 Å². The Bertz CT molecular complexity index is 419. The highest BCUT2D eigenvalue weighted by Crippen LogP contribution is 2.74. The van der Waals surface area contributed by atoms with Crippen LogP contribution in [0.25, 0.3) is 0 Å². The largest absolute Gasteiger partial charge is 0.462 e. The summed E-state index contributed by atoms with van der Waals surface area (Å²) in [5, 5.41) is 0. The fourth-order valence-corrected chi connectivity index (χ4v) is 5.92. The lowest BCUT2D eigenvalue weighted by atomic mass is 9.74. The van der Waals surface area contributed by atoms with Crippen LogP contribution < -0.4 is 0 Å². The van der Waals surface area contributed by atoms with Crippen LogP contribution in [0, 0.1) is 28.6 Å². The molecule has 4 aliphatic carbocycles. The lowest BCUT2D eigenvalue weighted by molar-refractivity contribution is -0.145. The van der Waals surface area contributed by atoms with Crippen LogP contribution in [0.4, 0.5) is 0 Å². The molecule has 0 aromatic heterocycles. The molecule has 2 heteroatoms. The molecule has 2 spiro atoms. The zero-order valence-electron chi connectivity index (χ0n) is 11.0. The van der Waals surface area contributed by atoms with Gasteiger partial charge in [-0.1, -0.05) is 0 Å². The van der Waals surface area contributed by atoms with E-state index in [1.165, 1.54) is 51.4 Å². The van der Waals surface area contributed by atoms with Crippen molar-refractivity contribution in [3.8, 4) is 0 Å². The number of carbonyl (C=O) groups excluding carboxylic acids is 1. The van der Waals surface area contributed by atoms with Crippen molar-refractivity contribution >= 4 is 5.97 Å². The summed E-state index contributed by atoms with van der Waals surface area (Å²) in [5.74, 6) is 2.32. The minimum atomic E-state index is 0.0956. The normalized spacial score (nSPS) is 49.7. The molecule has 1 saturated heterocycles. The Balaban J connectivity index is 1.58. The number of carbonyl (C=O) groups is 1. The third-order valence-corrected chi connectivity index (χ3v) is 7.19. The van der Waals surface area contributed by atoms with Crippen molar-refractivity contribution in [2.75, 3.05) is 0 Å². The fraction of sp³-hybridized carbons (Fsp3) is 0.938. The van der Waals surface area contributed by atoms with E-state index in [9.17, 15) is 4.79 Å². The Hall–Kier alpha value is -0.530. The van der Waals surface area contributed by atoms with Gasteiger partial charge in [0.25, 0.3) is 0 Å². The van der Waals surface area contributed by atoms with Crippen molar-refractivity contribution in [2.45, 2.75) is 63.9 Å². The number of rotatable bonds is 0. The highest BCUT2D eigenvalue weighted by atomic mass is 16.6. The summed E-state index contributed by atoms with van der Waals surface area (Å²) in [6, 6.07) is 0. The minimum absolute atomic E-state index is 0.0956. The van der Waals surface area contributed by atoms with Gasteiger partial charge in [0.2, 0.25) is 0 Å². The van der Waals surface area contributed by atoms with Crippen LogP contribution in [-0.4, -0.2) is 12.1 Å². The average Bonchev–Trinajstić information content (AvgIpc) is 3.21. The summed E-state index contributed by atoms with van der Waals surface area (Å²) < 4.78 is 5.82. The van der Waals surface area contributed by atoms with Crippen molar-refractivity contribution < 1.29 is 9.53 Å². The summed E-state index contributed by atoms with van der Waals surface area (Å²) in [6.45, 7) is 0. The molecule has 4 saturated carbocycles. The minimum Gasteiger partial charge on any atom is -0.462 e. The maximum Gasteiger partial charge on any atom is 0.306 e. The number of hydrogen-bond acceptors (Lipinski definition) is 2. The van der Waals surface area contributed by atoms with Crippen LogP contribution in [0.2, 0.25) is 0 Å². The second-order valence-corrected chi connectivity index (χ2v) is 7.85. The zero-order chi connectivity index (χ0) is 12.0. The van der Waals surface area contributed by atoms with E-state index in [2.05, 4.69) is 0 Å². The van der Waals surface area contributed by atoms with E-state index in [4.69, 9.17) is 4.74 Å². The highest BCUT2D eigenvalue weighted by Gasteiger charge is 2.68. The smallest absolute Gasteiger partial charge is 0.306 e. The molecule has 18 heavy (non-hydrogen) atoms. The molecule has 0 radical (unpaired) electrons. The molecule has 1 aliphatic heterocycles. The summed E-state index contributed by atoms with van der Waals surface area (Å²) in [6.07, 6.45) is 12.3. The van der Waals surface area contributed by atoms with Gasteiger partial charge in [-0.05, 0) is 68.1 Å². The predicted octanol–water partition coefficient (Wildman–Crippen LogP) is 3.30. The van der Waals surface area contributed by atoms with E-state index in [0.717, 1.165) is 18.3 Å². The first-order valence-electron chi connectivity index (χ1n) is 7.92. The van der Waals surface area contributed by atoms with Crippen LogP contribution in [0.5, 0.6) is 0 Å². The van der Waals surface area contributed by atoms with Gasteiger partial charge in [0.15, 0.2) is 0 Å². The molecular weight excluding hydrogens is 224 g/mol. The first-order chi connectivity index (χ1) is 8.73. The fourth-order valence-electron chi connectivity index (χ4n) is 5.92. The second kappa shape index (κ2) is 2.96. The number of esters is 1. The molecular formula is C16H22O2. The van der Waals surface area contributed by atoms with E-state index in [0.29, 0.717) is 22.9 Å². The summed E-state index contributed by atoms with van der Waals surface area (Å²) >= 11 is 0. The Morgan fingerprint density at radius 1 is 0.944 bits per heavy atom. The van der Waals surface area contributed by atoms with Crippen LogP contribution in [0.15, 0.2) is 0 Å². The van der Waals surface area contributed by atoms with E-state index in [1.54, 1.807) is 0 Å². The van der Waals surface area contributed by atoms with Gasteiger partial charge >= 0.3 is 5.97 Å². The van der Waals surface area contributed by atoms with Gasteiger partial charge in [0.1, 0.15) is 6.10 Å². The molecule has 5 fully saturated rings. The van der Waals surface area contributed by atoms with Gasteiger partial charge in [-0.25, -0.2) is 0 Å². The lowest BCUT2D eigenvalue weighted by Crippen LogP contribution is -2.34. The standard InChI is InChI=1S/C16H22O2/c17-12-9-10-1-3-15(5-6-15)11-2-4-16(7-8-16)13(11)14(10)18-12/h10-11,13-14H,1-9H2. The zero-order valence-corrected chi connectivity index (χ0v) is 11.0. The molecule has 98 valence electrons. The SMILES string of the molecule is O=C1CC2CCC3(CC3)C3CCC4(CC4)C3C2O1. The topological polar surface area (TPSA) is 26.3 Å². The van der Waals surface area contributed by atoms with Crippen LogP contribution >= 0.6 is 0 Å². The maximum absolute atomic E-state index is 11.7. The average molecular weight is 246 g/mol. The number of hydrogen-bond donors (Lipinski definition) is 0.